The van der Waals surface area contributed by atoms with E-state index in [1.165, 1.54) is 12.1 Å². The summed E-state index contributed by atoms with van der Waals surface area (Å²) in [4.78, 5) is 8.29. The Balaban J connectivity index is 1.98. The normalized spacial score (nSPS) is 11.5. The number of hydrogen-bond acceptors (Lipinski definition) is 3. The van der Waals surface area contributed by atoms with Crippen LogP contribution in [-0.4, -0.2) is 22.6 Å². The van der Waals surface area contributed by atoms with E-state index in [1.807, 2.05) is 30.5 Å². The molecule has 2 aromatic carbocycles. The van der Waals surface area contributed by atoms with Crippen LogP contribution in [0.3, 0.4) is 0 Å². The van der Waals surface area contributed by atoms with Crippen molar-refractivity contribution in [2.24, 2.45) is 4.99 Å². The molecule has 21 heavy (non-hydrogen) atoms. The lowest BCUT2D eigenvalue weighted by molar-refractivity contribution is 0.457. The predicted molar refractivity (Wildman–Crippen MR) is 85.4 cm³/mol. The first-order chi connectivity index (χ1) is 10.2. The van der Waals surface area contributed by atoms with Gasteiger partial charge in [0.15, 0.2) is 5.88 Å². The zero-order chi connectivity index (χ0) is 14.8. The molecule has 3 nitrogen and oxygen atoms in total. The van der Waals surface area contributed by atoms with Crippen molar-refractivity contribution < 1.29 is 9.50 Å². The number of benzene rings is 2. The standard InChI is InChI=1S/C16H13FN2OS/c1-21-12-5-3-11(4-6-12)18-9-14-13-8-10(17)2-7-15(13)19-16(14)20/h2-9,19-20H,1H3. The molecular weight excluding hydrogens is 287 g/mol. The van der Waals surface area contributed by atoms with Crippen LogP contribution < -0.4 is 0 Å². The molecule has 0 fully saturated rings. The Kier molecular flexibility index (Phi) is 3.66. The van der Waals surface area contributed by atoms with Gasteiger partial charge in [0.2, 0.25) is 0 Å². The molecule has 0 aliphatic rings. The highest BCUT2D eigenvalue weighted by molar-refractivity contribution is 7.98. The van der Waals surface area contributed by atoms with Gasteiger partial charge in [0, 0.05) is 22.0 Å². The maximum atomic E-state index is 13.3. The van der Waals surface area contributed by atoms with Crippen LogP contribution in [0.15, 0.2) is 52.4 Å². The summed E-state index contributed by atoms with van der Waals surface area (Å²) in [6, 6.07) is 12.1. The van der Waals surface area contributed by atoms with E-state index in [9.17, 15) is 9.50 Å². The summed E-state index contributed by atoms with van der Waals surface area (Å²) < 4.78 is 13.3. The second-order valence-corrected chi connectivity index (χ2v) is 5.41. The molecule has 0 aliphatic heterocycles. The Morgan fingerprint density at radius 3 is 2.67 bits per heavy atom. The highest BCUT2D eigenvalue weighted by Crippen LogP contribution is 2.27. The number of aliphatic imine (C=N–C) groups is 1. The minimum Gasteiger partial charge on any atom is -0.494 e. The third-order valence-electron chi connectivity index (χ3n) is 3.20. The third-order valence-corrected chi connectivity index (χ3v) is 3.94. The van der Waals surface area contributed by atoms with Gasteiger partial charge in [-0.1, -0.05) is 0 Å². The monoisotopic (exact) mass is 300 g/mol. The van der Waals surface area contributed by atoms with Crippen LogP contribution in [0.5, 0.6) is 5.88 Å². The van der Waals surface area contributed by atoms with Gasteiger partial charge in [0.25, 0.3) is 0 Å². The van der Waals surface area contributed by atoms with Crippen LogP contribution in [0.4, 0.5) is 10.1 Å². The van der Waals surface area contributed by atoms with Gasteiger partial charge in [-0.15, -0.1) is 11.8 Å². The maximum Gasteiger partial charge on any atom is 0.198 e. The van der Waals surface area contributed by atoms with Crippen LogP contribution >= 0.6 is 11.8 Å². The number of thioether (sulfide) groups is 1. The quantitative estimate of drug-likeness (QED) is 0.553. The molecule has 0 amide bonds. The summed E-state index contributed by atoms with van der Waals surface area (Å²) in [5, 5.41) is 10.5. The number of aromatic hydroxyl groups is 1. The fourth-order valence-corrected chi connectivity index (χ4v) is 2.52. The molecule has 3 rings (SSSR count). The lowest BCUT2D eigenvalue weighted by atomic mass is 10.2. The largest absolute Gasteiger partial charge is 0.494 e. The predicted octanol–water partition coefficient (Wildman–Crippen LogP) is 4.49. The van der Waals surface area contributed by atoms with E-state index in [-0.39, 0.29) is 11.7 Å². The molecule has 0 bridgehead atoms. The first-order valence-electron chi connectivity index (χ1n) is 6.35. The molecular formula is C16H13FN2OS. The number of hydrogen-bond donors (Lipinski definition) is 2. The van der Waals surface area contributed by atoms with Crippen molar-refractivity contribution in [1.82, 2.24) is 4.98 Å². The third kappa shape index (κ3) is 2.78. The molecule has 0 unspecified atom stereocenters. The highest BCUT2D eigenvalue weighted by Gasteiger charge is 2.09. The van der Waals surface area contributed by atoms with Gasteiger partial charge in [-0.25, -0.2) is 4.39 Å². The summed E-state index contributed by atoms with van der Waals surface area (Å²) in [5.41, 5.74) is 1.93. The van der Waals surface area contributed by atoms with Crippen molar-refractivity contribution in [3.8, 4) is 5.88 Å². The van der Waals surface area contributed by atoms with Crippen molar-refractivity contribution in [2.75, 3.05) is 6.26 Å². The van der Waals surface area contributed by atoms with Crippen molar-refractivity contribution in [2.45, 2.75) is 4.90 Å². The summed E-state index contributed by atoms with van der Waals surface area (Å²) in [5.74, 6) is -0.361. The van der Waals surface area contributed by atoms with Crippen molar-refractivity contribution in [1.29, 1.82) is 0 Å². The van der Waals surface area contributed by atoms with E-state index < -0.39 is 0 Å². The van der Waals surface area contributed by atoms with E-state index in [2.05, 4.69) is 9.98 Å². The van der Waals surface area contributed by atoms with E-state index >= 15 is 0 Å². The van der Waals surface area contributed by atoms with Crippen molar-refractivity contribution >= 4 is 34.6 Å². The second kappa shape index (κ2) is 5.61. The minimum absolute atomic E-state index is 0.0138. The molecule has 3 aromatic rings. The number of aromatic nitrogens is 1. The number of halogens is 1. The molecule has 0 radical (unpaired) electrons. The van der Waals surface area contributed by atoms with E-state index in [0.717, 1.165) is 10.6 Å². The average molecular weight is 300 g/mol. The SMILES string of the molecule is CSc1ccc(N=Cc2c(O)[nH]c3ccc(F)cc23)cc1. The highest BCUT2D eigenvalue weighted by atomic mass is 32.2. The molecule has 5 heteroatoms. The zero-order valence-electron chi connectivity index (χ0n) is 11.3. The van der Waals surface area contributed by atoms with Gasteiger partial charge >= 0.3 is 0 Å². The molecule has 1 aromatic heterocycles. The molecule has 0 saturated heterocycles. The van der Waals surface area contributed by atoms with Crippen LogP contribution in [0.2, 0.25) is 0 Å². The van der Waals surface area contributed by atoms with Crippen LogP contribution in [0, 0.1) is 5.82 Å². The first-order valence-corrected chi connectivity index (χ1v) is 7.58. The van der Waals surface area contributed by atoms with Crippen LogP contribution in [-0.2, 0) is 0 Å². The summed E-state index contributed by atoms with van der Waals surface area (Å²) in [6.07, 6.45) is 3.55. The summed E-state index contributed by atoms with van der Waals surface area (Å²) in [7, 11) is 0. The van der Waals surface area contributed by atoms with E-state index in [4.69, 9.17) is 0 Å². The Hall–Kier alpha value is -2.27. The number of rotatable bonds is 3. The summed E-state index contributed by atoms with van der Waals surface area (Å²) in [6.45, 7) is 0. The number of fused-ring (bicyclic) bond motifs is 1. The van der Waals surface area contributed by atoms with Gasteiger partial charge in [-0.3, -0.25) is 4.99 Å². The Morgan fingerprint density at radius 1 is 1.19 bits per heavy atom. The van der Waals surface area contributed by atoms with Gasteiger partial charge in [0.1, 0.15) is 5.82 Å². The Labute approximate surface area is 125 Å². The van der Waals surface area contributed by atoms with Gasteiger partial charge < -0.3 is 10.1 Å². The summed E-state index contributed by atoms with van der Waals surface area (Å²) >= 11 is 1.66. The lowest BCUT2D eigenvalue weighted by Crippen LogP contribution is -1.80. The van der Waals surface area contributed by atoms with Crippen LogP contribution in [0.25, 0.3) is 10.9 Å². The fraction of sp³-hybridized carbons (Fsp3) is 0.0625. The molecule has 1 heterocycles. The molecule has 0 saturated carbocycles. The Morgan fingerprint density at radius 2 is 1.95 bits per heavy atom. The molecule has 2 N–H and O–H groups in total. The van der Waals surface area contributed by atoms with E-state index in [1.54, 1.807) is 24.0 Å². The molecule has 106 valence electrons. The van der Waals surface area contributed by atoms with E-state index in [0.29, 0.717) is 16.5 Å². The van der Waals surface area contributed by atoms with Gasteiger partial charge in [0.05, 0.1) is 11.3 Å². The topological polar surface area (TPSA) is 48.4 Å². The number of nitrogens with one attached hydrogen (secondary N) is 1. The molecule has 0 aliphatic carbocycles. The molecule has 0 spiro atoms. The lowest BCUT2D eigenvalue weighted by Gasteiger charge is -1.97. The van der Waals surface area contributed by atoms with Gasteiger partial charge in [-0.2, -0.15) is 0 Å². The maximum absolute atomic E-state index is 13.3. The Bertz CT molecular complexity index is 809. The van der Waals surface area contributed by atoms with Crippen LogP contribution in [0.1, 0.15) is 5.56 Å². The minimum atomic E-state index is -0.347. The number of aromatic amines is 1. The average Bonchev–Trinajstić information content (AvgIpc) is 2.80. The first kappa shape index (κ1) is 13.7. The van der Waals surface area contributed by atoms with Crippen molar-refractivity contribution in [3.63, 3.8) is 0 Å². The second-order valence-electron chi connectivity index (χ2n) is 4.53. The molecule has 0 atom stereocenters. The van der Waals surface area contributed by atoms with Gasteiger partial charge in [-0.05, 0) is 48.7 Å². The fourth-order valence-electron chi connectivity index (χ4n) is 2.11. The number of H-pyrrole nitrogens is 1. The van der Waals surface area contributed by atoms with Crippen molar-refractivity contribution in [3.05, 3.63) is 53.8 Å². The smallest absolute Gasteiger partial charge is 0.198 e. The zero-order valence-corrected chi connectivity index (χ0v) is 12.1. The number of nitrogens with zero attached hydrogens (tertiary/aromatic N) is 1.